The molecule has 0 saturated carbocycles. The number of hydrogen-bond acceptors (Lipinski definition) is 2. The van der Waals surface area contributed by atoms with Crippen molar-refractivity contribution in [2.24, 2.45) is 0 Å². The van der Waals surface area contributed by atoms with E-state index in [0.29, 0.717) is 5.92 Å². The van der Waals surface area contributed by atoms with Gasteiger partial charge in [-0.2, -0.15) is 0 Å². The fraction of sp³-hybridized carbons (Fsp3) is 0.267. The van der Waals surface area contributed by atoms with Gasteiger partial charge in [0.25, 0.3) is 0 Å². The third-order valence-electron chi connectivity index (χ3n) is 2.77. The van der Waals surface area contributed by atoms with Crippen LogP contribution in [-0.4, -0.2) is 4.98 Å². The molecule has 0 amide bonds. The van der Waals surface area contributed by atoms with E-state index in [-0.39, 0.29) is 0 Å². The molecule has 2 rings (SSSR count). The van der Waals surface area contributed by atoms with E-state index in [1.54, 1.807) is 0 Å². The van der Waals surface area contributed by atoms with Crippen LogP contribution in [0.4, 0.5) is 5.82 Å². The molecule has 1 heterocycles. The second-order valence-corrected chi connectivity index (χ2v) is 4.47. The first-order valence-electron chi connectivity index (χ1n) is 5.99. The molecule has 2 heteroatoms. The lowest BCUT2D eigenvalue weighted by molar-refractivity contribution is 0.858. The van der Waals surface area contributed by atoms with E-state index in [1.807, 2.05) is 30.5 Å². The van der Waals surface area contributed by atoms with Gasteiger partial charge in [-0.25, -0.2) is 4.98 Å². The molecule has 0 radical (unpaired) electrons. The highest BCUT2D eigenvalue weighted by Crippen LogP contribution is 2.14. The lowest BCUT2D eigenvalue weighted by atomic mass is 10.1. The maximum Gasteiger partial charge on any atom is 0.126 e. The predicted octanol–water partition coefficient (Wildman–Crippen LogP) is 3.82. The Morgan fingerprint density at radius 1 is 1.06 bits per heavy atom. The van der Waals surface area contributed by atoms with E-state index in [4.69, 9.17) is 0 Å². The Morgan fingerprint density at radius 3 is 2.41 bits per heavy atom. The van der Waals surface area contributed by atoms with Crippen LogP contribution in [0.3, 0.4) is 0 Å². The molecule has 1 N–H and O–H groups in total. The molecule has 0 aliphatic carbocycles. The molecule has 0 saturated heterocycles. The Balaban J connectivity index is 1.96. The summed E-state index contributed by atoms with van der Waals surface area (Å²) in [6.07, 6.45) is 1.94. The molecule has 88 valence electrons. The summed E-state index contributed by atoms with van der Waals surface area (Å²) in [6.45, 7) is 5.16. The fourth-order valence-corrected chi connectivity index (χ4v) is 1.64. The van der Waals surface area contributed by atoms with Crippen molar-refractivity contribution in [3.05, 3.63) is 59.8 Å². The highest BCUT2D eigenvalue weighted by atomic mass is 15.0. The molecule has 1 aromatic carbocycles. The summed E-state index contributed by atoms with van der Waals surface area (Å²) in [7, 11) is 0. The number of pyridine rings is 1. The van der Waals surface area contributed by atoms with Crippen molar-refractivity contribution in [2.45, 2.75) is 26.3 Å². The van der Waals surface area contributed by atoms with Crippen molar-refractivity contribution in [1.29, 1.82) is 0 Å². The van der Waals surface area contributed by atoms with Gasteiger partial charge in [0, 0.05) is 12.7 Å². The predicted molar refractivity (Wildman–Crippen MR) is 72.1 cm³/mol. The van der Waals surface area contributed by atoms with Gasteiger partial charge in [-0.05, 0) is 23.1 Å². The van der Waals surface area contributed by atoms with Crippen LogP contribution in [0.15, 0.2) is 48.7 Å². The third-order valence-corrected chi connectivity index (χ3v) is 2.77. The molecule has 2 aromatic rings. The van der Waals surface area contributed by atoms with Crippen molar-refractivity contribution in [1.82, 2.24) is 4.98 Å². The number of anilines is 1. The van der Waals surface area contributed by atoms with E-state index >= 15 is 0 Å². The minimum atomic E-state index is 0.533. The zero-order valence-corrected chi connectivity index (χ0v) is 10.4. The molecule has 0 bridgehead atoms. The topological polar surface area (TPSA) is 24.9 Å². The van der Waals surface area contributed by atoms with Gasteiger partial charge in [0.15, 0.2) is 0 Å². The number of nitrogens with zero attached hydrogens (tertiary/aromatic N) is 1. The van der Waals surface area contributed by atoms with Gasteiger partial charge >= 0.3 is 0 Å². The Labute approximate surface area is 103 Å². The van der Waals surface area contributed by atoms with Crippen molar-refractivity contribution < 1.29 is 0 Å². The number of nitrogens with one attached hydrogen (secondary N) is 1. The van der Waals surface area contributed by atoms with Gasteiger partial charge in [-0.3, -0.25) is 0 Å². The Hall–Kier alpha value is -1.83. The van der Waals surface area contributed by atoms with E-state index < -0.39 is 0 Å². The number of hydrogen-bond donors (Lipinski definition) is 1. The van der Waals surface area contributed by atoms with Crippen LogP contribution in [0.25, 0.3) is 0 Å². The highest BCUT2D eigenvalue weighted by Gasteiger charge is 1.99. The average Bonchev–Trinajstić information content (AvgIpc) is 2.38. The number of aromatic nitrogens is 1. The van der Waals surface area contributed by atoms with Crippen LogP contribution in [-0.2, 0) is 6.54 Å². The summed E-state index contributed by atoms with van der Waals surface area (Å²) < 4.78 is 0. The van der Waals surface area contributed by atoms with Gasteiger partial charge in [-0.1, -0.05) is 50.2 Å². The van der Waals surface area contributed by atoms with Gasteiger partial charge in [0.2, 0.25) is 0 Å². The molecular formula is C15H18N2. The maximum atomic E-state index is 4.40. The van der Waals surface area contributed by atoms with Crippen LogP contribution >= 0.6 is 0 Å². The molecule has 0 unspecified atom stereocenters. The molecule has 0 fully saturated rings. The van der Waals surface area contributed by atoms with Gasteiger partial charge < -0.3 is 5.32 Å². The minimum Gasteiger partial charge on any atom is -0.366 e. The molecule has 2 nitrogen and oxygen atoms in total. The van der Waals surface area contributed by atoms with Crippen LogP contribution in [0.1, 0.15) is 30.9 Å². The normalized spacial score (nSPS) is 10.5. The van der Waals surface area contributed by atoms with Crippen LogP contribution in [0.2, 0.25) is 0 Å². The first-order chi connectivity index (χ1) is 8.25. The van der Waals surface area contributed by atoms with Crippen LogP contribution in [0, 0.1) is 0 Å². The van der Waals surface area contributed by atoms with Gasteiger partial charge in [-0.15, -0.1) is 0 Å². The fourth-order valence-electron chi connectivity index (χ4n) is 1.64. The molecular weight excluding hydrogens is 208 g/mol. The first kappa shape index (κ1) is 11.6. The maximum absolute atomic E-state index is 4.40. The molecule has 0 atom stereocenters. The van der Waals surface area contributed by atoms with E-state index in [9.17, 15) is 0 Å². The van der Waals surface area contributed by atoms with Crippen LogP contribution < -0.4 is 5.32 Å². The second kappa shape index (κ2) is 5.48. The summed E-state index contributed by atoms with van der Waals surface area (Å²) in [4.78, 5) is 4.40. The monoisotopic (exact) mass is 226 g/mol. The molecule has 0 spiro atoms. The minimum absolute atomic E-state index is 0.533. The number of rotatable bonds is 4. The smallest absolute Gasteiger partial charge is 0.126 e. The lowest BCUT2D eigenvalue weighted by Gasteiger charge is -2.08. The zero-order chi connectivity index (χ0) is 12.1. The Morgan fingerprint density at radius 2 is 1.82 bits per heavy atom. The summed E-state index contributed by atoms with van der Waals surface area (Å²) in [5.41, 5.74) is 2.54. The van der Waals surface area contributed by atoms with E-state index in [0.717, 1.165) is 12.4 Å². The zero-order valence-electron chi connectivity index (χ0n) is 10.4. The summed E-state index contributed by atoms with van der Waals surface area (Å²) >= 11 is 0. The van der Waals surface area contributed by atoms with Gasteiger partial charge in [0.05, 0.1) is 0 Å². The Kier molecular flexibility index (Phi) is 3.76. The van der Waals surface area contributed by atoms with E-state index in [1.165, 1.54) is 11.1 Å². The van der Waals surface area contributed by atoms with Gasteiger partial charge in [0.1, 0.15) is 5.82 Å². The second-order valence-electron chi connectivity index (χ2n) is 4.47. The summed E-state index contributed by atoms with van der Waals surface area (Å²) in [5.74, 6) is 1.46. The van der Waals surface area contributed by atoms with E-state index in [2.05, 4.69) is 42.3 Å². The third kappa shape index (κ3) is 3.31. The standard InChI is InChI=1S/C15H18N2/c1-12(2)14-8-9-15(17-11-14)16-10-13-6-4-3-5-7-13/h3-9,11-12H,10H2,1-2H3,(H,16,17). The first-order valence-corrected chi connectivity index (χ1v) is 5.99. The summed E-state index contributed by atoms with van der Waals surface area (Å²) in [6, 6.07) is 14.5. The SMILES string of the molecule is CC(C)c1ccc(NCc2ccccc2)nc1. The molecule has 1 aromatic heterocycles. The molecule has 0 aliphatic heterocycles. The molecule has 0 aliphatic rings. The quantitative estimate of drug-likeness (QED) is 0.857. The van der Waals surface area contributed by atoms with Crippen LogP contribution in [0.5, 0.6) is 0 Å². The van der Waals surface area contributed by atoms with Crippen molar-refractivity contribution in [3.8, 4) is 0 Å². The molecule has 17 heavy (non-hydrogen) atoms. The number of benzene rings is 1. The Bertz CT molecular complexity index is 446. The average molecular weight is 226 g/mol. The van der Waals surface area contributed by atoms with Crippen molar-refractivity contribution in [3.63, 3.8) is 0 Å². The highest BCUT2D eigenvalue weighted by molar-refractivity contribution is 5.37. The largest absolute Gasteiger partial charge is 0.366 e. The van der Waals surface area contributed by atoms with Crippen molar-refractivity contribution >= 4 is 5.82 Å². The summed E-state index contributed by atoms with van der Waals surface area (Å²) in [5, 5.41) is 3.32. The van der Waals surface area contributed by atoms with Crippen molar-refractivity contribution in [2.75, 3.05) is 5.32 Å². The lowest BCUT2D eigenvalue weighted by Crippen LogP contribution is -2.01.